The van der Waals surface area contributed by atoms with E-state index in [1.165, 1.54) is 22.7 Å². The van der Waals surface area contributed by atoms with Crippen molar-refractivity contribution in [3.63, 3.8) is 0 Å². The number of hydrogen-bond acceptors (Lipinski definition) is 12. The quantitative estimate of drug-likeness (QED) is 0.169. The number of hydrogen-bond donors (Lipinski definition) is 3. The number of carbonyl (C=O) groups excluding carboxylic acids is 1. The molecule has 239 valence electrons. The number of nitrogens with zero attached hydrogens (tertiary/aromatic N) is 6. The molecule has 0 saturated carbocycles. The molecule has 0 spiro atoms. The number of rotatable bonds is 6. The summed E-state index contributed by atoms with van der Waals surface area (Å²) in [5, 5.41) is 31.9. The van der Waals surface area contributed by atoms with Crippen LogP contribution < -0.4 is 29.6 Å². The third-order valence-corrected chi connectivity index (χ3v) is 9.11. The number of pyridine rings is 2. The fraction of sp³-hybridized carbons (Fsp3) is 0.0278. The zero-order chi connectivity index (χ0) is 33.0. The molecule has 6 heterocycles. The Morgan fingerprint density at radius 3 is 1.50 bits per heavy atom. The first-order chi connectivity index (χ1) is 23.4. The van der Waals surface area contributed by atoms with Gasteiger partial charge >= 0.3 is 29.6 Å². The minimum atomic E-state index is 0. The fourth-order valence-corrected chi connectivity index (χ4v) is 6.30. The number of thiophene rings is 2. The van der Waals surface area contributed by atoms with Crippen molar-refractivity contribution in [3.8, 4) is 56.5 Å². The first-order valence-corrected chi connectivity index (χ1v) is 16.3. The summed E-state index contributed by atoms with van der Waals surface area (Å²) in [6.45, 7) is 0.0405. The van der Waals surface area contributed by atoms with Gasteiger partial charge in [0.15, 0.2) is 17.9 Å². The number of carbonyl (C=O) groups is 1. The summed E-state index contributed by atoms with van der Waals surface area (Å²) < 4.78 is 0. The molecule has 50 heavy (non-hydrogen) atoms. The Bertz CT molecular complexity index is 2410. The van der Waals surface area contributed by atoms with Gasteiger partial charge in [-0.2, -0.15) is 0 Å². The molecule has 14 heteroatoms. The third kappa shape index (κ3) is 8.11. The van der Waals surface area contributed by atoms with Crippen molar-refractivity contribution < 1.29 is 51.1 Å². The SMILES string of the molecule is O=Cc1cc(-c2cnc3cnc(-c4ccc(O)cc4)nc3c2)cs1.OCc1cc(-c2cnc3cnc(-c4ccc(O)cc4)nc3c2)cs1.[B].[H-].[Na+]. The topological polar surface area (TPSA) is 155 Å². The molecule has 2 aromatic carbocycles. The van der Waals surface area contributed by atoms with Gasteiger partial charge in [-0.15, -0.1) is 22.7 Å². The van der Waals surface area contributed by atoms with Crippen LogP contribution in [0.4, 0.5) is 0 Å². The second-order valence-electron chi connectivity index (χ2n) is 10.6. The van der Waals surface area contributed by atoms with Crippen LogP contribution >= 0.6 is 22.7 Å². The second-order valence-corrected chi connectivity index (χ2v) is 12.5. The summed E-state index contributed by atoms with van der Waals surface area (Å²) in [6, 6.07) is 21.2. The van der Waals surface area contributed by atoms with Crippen LogP contribution in [-0.4, -0.2) is 59.9 Å². The molecule has 0 aliphatic rings. The number of fused-ring (bicyclic) bond motifs is 2. The smallest absolute Gasteiger partial charge is 1.00 e. The van der Waals surface area contributed by atoms with E-state index in [9.17, 15) is 20.1 Å². The monoisotopic (exact) mass is 703 g/mol. The summed E-state index contributed by atoms with van der Waals surface area (Å²) in [4.78, 5) is 39.1. The molecule has 0 bridgehead atoms. The van der Waals surface area contributed by atoms with Crippen LogP contribution in [0.25, 0.3) is 67.1 Å². The average Bonchev–Trinajstić information content (AvgIpc) is 3.82. The largest absolute Gasteiger partial charge is 1.00 e. The van der Waals surface area contributed by atoms with Gasteiger partial charge in [0.1, 0.15) is 22.5 Å². The second kappa shape index (κ2) is 16.2. The summed E-state index contributed by atoms with van der Waals surface area (Å²) >= 11 is 2.92. The minimum absolute atomic E-state index is 0. The molecule has 0 aliphatic carbocycles. The molecule has 3 N–H and O–H groups in total. The van der Waals surface area contributed by atoms with E-state index in [1.807, 2.05) is 35.0 Å². The molecule has 0 atom stereocenters. The number of aromatic nitrogens is 6. The Morgan fingerprint density at radius 1 is 0.580 bits per heavy atom. The van der Waals surface area contributed by atoms with Crippen LogP contribution in [0.1, 0.15) is 16.0 Å². The van der Waals surface area contributed by atoms with E-state index in [0.29, 0.717) is 22.0 Å². The Morgan fingerprint density at radius 2 is 1.06 bits per heavy atom. The number of phenols is 2. The molecule has 0 fully saturated rings. The predicted octanol–water partition coefficient (Wildman–Crippen LogP) is 4.29. The average molecular weight is 704 g/mol. The fourth-order valence-electron chi connectivity index (χ4n) is 4.83. The number of benzene rings is 2. The number of phenolic OH excluding ortho intramolecular Hbond substituents is 2. The van der Waals surface area contributed by atoms with Crippen molar-refractivity contribution in [1.82, 2.24) is 29.9 Å². The number of aliphatic hydroxyl groups excluding tert-OH is 1. The molecule has 0 saturated heterocycles. The molecule has 3 radical (unpaired) electrons. The molecular weight excluding hydrogens is 678 g/mol. The summed E-state index contributed by atoms with van der Waals surface area (Å²) in [5.41, 5.74) is 8.37. The summed E-state index contributed by atoms with van der Waals surface area (Å²) in [5.74, 6) is 1.57. The van der Waals surface area contributed by atoms with Gasteiger partial charge in [0.05, 0.1) is 34.9 Å². The molecule has 6 aromatic heterocycles. The van der Waals surface area contributed by atoms with Crippen molar-refractivity contribution in [1.29, 1.82) is 0 Å². The number of aldehydes is 1. The molecule has 8 rings (SSSR count). The Kier molecular flexibility index (Phi) is 11.8. The molecule has 0 amide bonds. The predicted molar refractivity (Wildman–Crippen MR) is 194 cm³/mol. The van der Waals surface area contributed by atoms with E-state index in [-0.39, 0.29) is 57.5 Å². The van der Waals surface area contributed by atoms with Gasteiger partial charge in [-0.25, -0.2) is 19.9 Å². The van der Waals surface area contributed by atoms with Crippen LogP contribution in [0.2, 0.25) is 0 Å². The van der Waals surface area contributed by atoms with E-state index in [4.69, 9.17) is 0 Å². The zero-order valence-electron chi connectivity index (χ0n) is 27.5. The van der Waals surface area contributed by atoms with Gasteiger partial charge in [-0.1, -0.05) is 0 Å². The van der Waals surface area contributed by atoms with E-state index in [0.717, 1.165) is 61.1 Å². The van der Waals surface area contributed by atoms with Gasteiger partial charge in [0.25, 0.3) is 0 Å². The van der Waals surface area contributed by atoms with Crippen molar-refractivity contribution >= 4 is 59.4 Å². The normalized spacial score (nSPS) is 10.5. The summed E-state index contributed by atoms with van der Waals surface area (Å²) in [7, 11) is 0. The first-order valence-electron chi connectivity index (χ1n) is 14.5. The van der Waals surface area contributed by atoms with Gasteiger partial charge in [-0.3, -0.25) is 14.8 Å². The zero-order valence-corrected chi connectivity index (χ0v) is 30.1. The number of aliphatic hydroxyl groups is 1. The van der Waals surface area contributed by atoms with Crippen molar-refractivity contribution in [2.24, 2.45) is 0 Å². The van der Waals surface area contributed by atoms with Crippen molar-refractivity contribution in [2.75, 3.05) is 0 Å². The maximum atomic E-state index is 10.8. The minimum Gasteiger partial charge on any atom is -1.00 e. The van der Waals surface area contributed by atoms with Crippen LogP contribution in [-0.2, 0) is 6.61 Å². The standard InChI is InChI=1S/C18H13N3O2S.C18H11N3O2S.B.Na.H/c2*22-9-15-5-13(10-24-15)12-6-16-17(19-7-12)8-20-18(21-16)11-1-3-14(23)4-2-11;;;/h1-8,10,22-23H,9H2;1-10,23H;;;/q;;;+1;-1. The maximum Gasteiger partial charge on any atom is 1.00 e. The molecule has 0 aliphatic heterocycles. The first kappa shape index (κ1) is 36.4. The van der Waals surface area contributed by atoms with E-state index in [2.05, 4.69) is 29.9 Å². The van der Waals surface area contributed by atoms with E-state index >= 15 is 0 Å². The van der Waals surface area contributed by atoms with E-state index < -0.39 is 0 Å². The summed E-state index contributed by atoms with van der Waals surface area (Å²) in [6.07, 6.45) is 7.76. The van der Waals surface area contributed by atoms with Crippen molar-refractivity contribution in [3.05, 3.63) is 118 Å². The third-order valence-electron chi connectivity index (χ3n) is 7.33. The van der Waals surface area contributed by atoms with Crippen LogP contribution in [0.15, 0.2) is 108 Å². The molecule has 10 nitrogen and oxygen atoms in total. The van der Waals surface area contributed by atoms with Gasteiger partial charge in [-0.05, 0) is 94.7 Å². The Hall–Kier alpha value is -4.89. The van der Waals surface area contributed by atoms with Crippen LogP contribution in [0, 0.1) is 0 Å². The van der Waals surface area contributed by atoms with Gasteiger partial charge in [0.2, 0.25) is 0 Å². The molecular formula is C36H25BN6NaO4S2. The number of aromatic hydroxyl groups is 2. The van der Waals surface area contributed by atoms with Crippen molar-refractivity contribution in [2.45, 2.75) is 6.61 Å². The Balaban J connectivity index is 0.000000216. The molecule has 0 unspecified atom stereocenters. The maximum absolute atomic E-state index is 10.8. The van der Waals surface area contributed by atoms with Gasteiger partial charge < -0.3 is 16.7 Å². The Labute approximate surface area is 319 Å². The van der Waals surface area contributed by atoms with Crippen LogP contribution in [0.5, 0.6) is 11.5 Å². The molecule has 8 aromatic rings. The van der Waals surface area contributed by atoms with Gasteiger partial charge in [0, 0.05) is 47.9 Å². The van der Waals surface area contributed by atoms with E-state index in [1.54, 1.807) is 73.3 Å². The van der Waals surface area contributed by atoms with Crippen LogP contribution in [0.3, 0.4) is 0 Å².